The van der Waals surface area contributed by atoms with Gasteiger partial charge in [-0.1, -0.05) is 48.0 Å². The average Bonchev–Trinajstić information content (AvgIpc) is 2.83. The summed E-state index contributed by atoms with van der Waals surface area (Å²) in [6.07, 6.45) is 0. The van der Waals surface area contributed by atoms with Gasteiger partial charge < -0.3 is 0 Å². The molecule has 3 rings (SSSR count). The molecule has 94 valence electrons. The van der Waals surface area contributed by atoms with Gasteiger partial charge in [0.1, 0.15) is 0 Å². The van der Waals surface area contributed by atoms with Gasteiger partial charge in [0.2, 0.25) is 5.28 Å². The van der Waals surface area contributed by atoms with Crippen LogP contribution >= 0.6 is 11.6 Å². The summed E-state index contributed by atoms with van der Waals surface area (Å²) in [5, 5.41) is 4.82. The molecule has 3 nitrogen and oxygen atoms in total. The Morgan fingerprint density at radius 3 is 2.32 bits per heavy atom. The number of hydrogen-bond acceptors (Lipinski definition) is 2. The van der Waals surface area contributed by atoms with Crippen molar-refractivity contribution in [1.82, 2.24) is 14.8 Å². The van der Waals surface area contributed by atoms with Crippen LogP contribution in [0.5, 0.6) is 0 Å². The van der Waals surface area contributed by atoms with E-state index in [9.17, 15) is 0 Å². The van der Waals surface area contributed by atoms with Gasteiger partial charge in [-0.05, 0) is 30.7 Å². The van der Waals surface area contributed by atoms with Crippen LogP contribution < -0.4 is 0 Å². The molecule has 4 heteroatoms. The van der Waals surface area contributed by atoms with Crippen molar-refractivity contribution in [3.63, 3.8) is 0 Å². The zero-order valence-corrected chi connectivity index (χ0v) is 11.2. The van der Waals surface area contributed by atoms with E-state index in [0.29, 0.717) is 11.1 Å². The van der Waals surface area contributed by atoms with Crippen molar-refractivity contribution in [2.45, 2.75) is 6.92 Å². The highest BCUT2D eigenvalue weighted by Crippen LogP contribution is 2.20. The van der Waals surface area contributed by atoms with Crippen molar-refractivity contribution in [2.75, 3.05) is 0 Å². The Morgan fingerprint density at radius 2 is 1.63 bits per heavy atom. The summed E-state index contributed by atoms with van der Waals surface area (Å²) >= 11 is 6.16. The second-order valence-corrected chi connectivity index (χ2v) is 4.66. The number of nitrogens with zero attached hydrogens (tertiary/aromatic N) is 3. The number of rotatable bonds is 2. The van der Waals surface area contributed by atoms with Crippen LogP contribution in [0.4, 0.5) is 0 Å². The van der Waals surface area contributed by atoms with Gasteiger partial charge in [0.05, 0.1) is 5.69 Å². The third-order valence-corrected chi connectivity index (χ3v) is 3.12. The number of halogens is 1. The molecule has 0 radical (unpaired) electrons. The van der Waals surface area contributed by atoms with Crippen LogP contribution in [0.15, 0.2) is 54.6 Å². The third kappa shape index (κ3) is 2.37. The fraction of sp³-hybridized carbons (Fsp3) is 0.0667. The molecule has 0 amide bonds. The van der Waals surface area contributed by atoms with Gasteiger partial charge >= 0.3 is 0 Å². The Morgan fingerprint density at radius 1 is 0.947 bits per heavy atom. The molecule has 0 fully saturated rings. The molecular formula is C15H12ClN3. The molecule has 0 unspecified atom stereocenters. The predicted molar refractivity (Wildman–Crippen MR) is 76.5 cm³/mol. The van der Waals surface area contributed by atoms with Crippen molar-refractivity contribution < 1.29 is 0 Å². The molecule has 1 heterocycles. The fourth-order valence-electron chi connectivity index (χ4n) is 1.85. The van der Waals surface area contributed by atoms with Crippen LogP contribution in [0.2, 0.25) is 5.28 Å². The lowest BCUT2D eigenvalue weighted by Gasteiger charge is -2.01. The van der Waals surface area contributed by atoms with Gasteiger partial charge in [0.15, 0.2) is 5.82 Å². The van der Waals surface area contributed by atoms with Crippen molar-refractivity contribution in [3.8, 4) is 17.1 Å². The second-order valence-electron chi connectivity index (χ2n) is 4.32. The lowest BCUT2D eigenvalue weighted by Crippen LogP contribution is -1.96. The van der Waals surface area contributed by atoms with Gasteiger partial charge in [-0.2, -0.15) is 4.98 Å². The molecule has 0 aliphatic heterocycles. The second kappa shape index (κ2) is 4.86. The number of aryl methyl sites for hydroxylation is 1. The maximum atomic E-state index is 6.16. The molecule has 0 saturated carbocycles. The smallest absolute Gasteiger partial charge is 0.203 e. The van der Waals surface area contributed by atoms with Crippen LogP contribution in [0, 0.1) is 6.92 Å². The van der Waals surface area contributed by atoms with E-state index in [1.165, 1.54) is 5.56 Å². The van der Waals surface area contributed by atoms with E-state index in [-0.39, 0.29) is 0 Å². The van der Waals surface area contributed by atoms with Gasteiger partial charge in [0.25, 0.3) is 0 Å². The van der Waals surface area contributed by atoms with E-state index >= 15 is 0 Å². The molecule has 0 aliphatic rings. The van der Waals surface area contributed by atoms with E-state index in [2.05, 4.69) is 10.1 Å². The molecule has 0 spiro atoms. The normalized spacial score (nSPS) is 10.6. The van der Waals surface area contributed by atoms with Crippen molar-refractivity contribution in [1.29, 1.82) is 0 Å². The first-order valence-electron chi connectivity index (χ1n) is 5.99. The molecule has 2 aromatic carbocycles. The number of aromatic nitrogens is 3. The topological polar surface area (TPSA) is 30.7 Å². The molecule has 0 aliphatic carbocycles. The minimum absolute atomic E-state index is 0.364. The van der Waals surface area contributed by atoms with E-state index in [4.69, 9.17) is 11.6 Å². The van der Waals surface area contributed by atoms with E-state index in [1.54, 1.807) is 4.68 Å². The molecule has 0 bridgehead atoms. The summed E-state index contributed by atoms with van der Waals surface area (Å²) in [6, 6.07) is 17.8. The lowest BCUT2D eigenvalue weighted by molar-refractivity contribution is 0.882. The molecule has 0 atom stereocenters. The zero-order valence-electron chi connectivity index (χ0n) is 10.4. The monoisotopic (exact) mass is 269 g/mol. The first-order valence-corrected chi connectivity index (χ1v) is 6.37. The van der Waals surface area contributed by atoms with Gasteiger partial charge in [0, 0.05) is 5.56 Å². The number of benzene rings is 2. The van der Waals surface area contributed by atoms with Crippen LogP contribution in [0.3, 0.4) is 0 Å². The molecule has 1 aromatic heterocycles. The SMILES string of the molecule is Cc1ccc(-n2nc(-c3ccccc3)nc2Cl)cc1. The summed E-state index contributed by atoms with van der Waals surface area (Å²) in [5.41, 5.74) is 3.06. The maximum absolute atomic E-state index is 6.16. The molecule has 0 saturated heterocycles. The highest BCUT2D eigenvalue weighted by molar-refractivity contribution is 6.28. The minimum Gasteiger partial charge on any atom is -0.203 e. The standard InChI is InChI=1S/C15H12ClN3/c1-11-7-9-13(10-8-11)19-15(16)17-14(18-19)12-5-3-2-4-6-12/h2-10H,1H3. The Balaban J connectivity index is 2.05. The van der Waals surface area contributed by atoms with Crippen molar-refractivity contribution in [2.24, 2.45) is 0 Å². The van der Waals surface area contributed by atoms with Gasteiger partial charge in [-0.15, -0.1) is 5.10 Å². The molecule has 3 aromatic rings. The highest BCUT2D eigenvalue weighted by atomic mass is 35.5. The predicted octanol–water partition coefficient (Wildman–Crippen LogP) is 3.90. The molecule has 19 heavy (non-hydrogen) atoms. The Kier molecular flexibility index (Phi) is 3.05. The number of hydrogen-bond donors (Lipinski definition) is 0. The fourth-order valence-corrected chi connectivity index (χ4v) is 2.07. The minimum atomic E-state index is 0.364. The van der Waals surface area contributed by atoms with E-state index < -0.39 is 0 Å². The summed E-state index contributed by atoms with van der Waals surface area (Å²) in [7, 11) is 0. The van der Waals surface area contributed by atoms with Crippen molar-refractivity contribution in [3.05, 3.63) is 65.4 Å². The van der Waals surface area contributed by atoms with Gasteiger partial charge in [-0.3, -0.25) is 0 Å². The van der Waals surface area contributed by atoms with Crippen LogP contribution in [-0.2, 0) is 0 Å². The van der Waals surface area contributed by atoms with Crippen LogP contribution in [-0.4, -0.2) is 14.8 Å². The van der Waals surface area contributed by atoms with Crippen LogP contribution in [0.1, 0.15) is 5.56 Å². The summed E-state index contributed by atoms with van der Waals surface area (Å²) in [5.74, 6) is 0.631. The summed E-state index contributed by atoms with van der Waals surface area (Å²) in [6.45, 7) is 2.04. The molecular weight excluding hydrogens is 258 g/mol. The van der Waals surface area contributed by atoms with E-state index in [1.807, 2.05) is 61.5 Å². The third-order valence-electron chi connectivity index (χ3n) is 2.88. The first kappa shape index (κ1) is 11.9. The highest BCUT2D eigenvalue weighted by Gasteiger charge is 2.10. The maximum Gasteiger partial charge on any atom is 0.226 e. The molecule has 0 N–H and O–H groups in total. The zero-order chi connectivity index (χ0) is 13.2. The Labute approximate surface area is 116 Å². The van der Waals surface area contributed by atoms with Crippen LogP contribution in [0.25, 0.3) is 17.1 Å². The lowest BCUT2D eigenvalue weighted by atomic mass is 10.2. The largest absolute Gasteiger partial charge is 0.226 e. The van der Waals surface area contributed by atoms with Gasteiger partial charge in [-0.25, -0.2) is 4.68 Å². The first-order chi connectivity index (χ1) is 9.24. The van der Waals surface area contributed by atoms with Crippen molar-refractivity contribution >= 4 is 11.6 Å². The Hall–Kier alpha value is -2.13. The summed E-state index contributed by atoms with van der Waals surface area (Å²) in [4.78, 5) is 4.30. The average molecular weight is 270 g/mol. The quantitative estimate of drug-likeness (QED) is 0.706. The Bertz CT molecular complexity index is 687. The summed E-state index contributed by atoms with van der Waals surface area (Å²) < 4.78 is 1.64. The van der Waals surface area contributed by atoms with E-state index in [0.717, 1.165) is 11.3 Å².